The summed E-state index contributed by atoms with van der Waals surface area (Å²) in [7, 11) is 0. The van der Waals surface area contributed by atoms with Crippen LogP contribution in [-0.2, 0) is 20.8 Å². The number of rotatable bonds is 7. The van der Waals surface area contributed by atoms with E-state index in [1.807, 2.05) is 6.07 Å². The number of fused-ring (bicyclic) bond motifs is 1. The van der Waals surface area contributed by atoms with E-state index in [9.17, 15) is 19.7 Å². The first kappa shape index (κ1) is 24.4. The van der Waals surface area contributed by atoms with E-state index in [-0.39, 0.29) is 28.8 Å². The Labute approximate surface area is 195 Å². The fraction of sp³-hybridized carbons (Fsp3) is 0.292. The zero-order chi connectivity index (χ0) is 24.9. The van der Waals surface area contributed by atoms with Crippen LogP contribution in [0.4, 0.5) is 10.5 Å². The van der Waals surface area contributed by atoms with Gasteiger partial charge < -0.3 is 10.1 Å². The minimum atomic E-state index is -1.55. The van der Waals surface area contributed by atoms with Gasteiger partial charge >= 0.3 is 12.1 Å². The number of non-ortho nitro benzene ring substituents is 1. The maximum Gasteiger partial charge on any atom is 0.408 e. The number of carbonyl (C=O) groups excluding carboxylic acids is 2. The van der Waals surface area contributed by atoms with Crippen LogP contribution in [0.5, 0.6) is 5.75 Å². The molecule has 1 unspecified atom stereocenters. The third kappa shape index (κ3) is 5.97. The van der Waals surface area contributed by atoms with Crippen molar-refractivity contribution in [2.24, 2.45) is 0 Å². The van der Waals surface area contributed by atoms with Gasteiger partial charge in [0.1, 0.15) is 16.7 Å². The molecule has 1 N–H and O–H groups in total. The molecular weight excluding hydrogens is 442 g/mol. The quantitative estimate of drug-likeness (QED) is 0.305. The summed E-state index contributed by atoms with van der Waals surface area (Å²) in [5, 5.41) is 14.1. The first-order valence-corrected chi connectivity index (χ1v) is 10.4. The highest BCUT2D eigenvalue weighted by molar-refractivity contribution is 5.92. The fourth-order valence-corrected chi connectivity index (χ4v) is 3.23. The van der Waals surface area contributed by atoms with E-state index in [4.69, 9.17) is 14.5 Å². The predicted molar refractivity (Wildman–Crippen MR) is 123 cm³/mol. The number of pyridine rings is 1. The van der Waals surface area contributed by atoms with Crippen LogP contribution < -0.4 is 10.2 Å². The molecule has 1 amide bonds. The second-order valence-electron chi connectivity index (χ2n) is 8.82. The minimum absolute atomic E-state index is 0.00822. The maximum atomic E-state index is 13.1. The van der Waals surface area contributed by atoms with Gasteiger partial charge in [-0.05, 0) is 51.5 Å². The molecule has 0 saturated heterocycles. The highest BCUT2D eigenvalue weighted by Gasteiger charge is 2.40. The van der Waals surface area contributed by atoms with Gasteiger partial charge in [0, 0.05) is 18.7 Å². The van der Waals surface area contributed by atoms with Gasteiger partial charge in [-0.3, -0.25) is 20.0 Å². The van der Waals surface area contributed by atoms with E-state index in [0.29, 0.717) is 0 Å². The van der Waals surface area contributed by atoms with Crippen LogP contribution in [0.2, 0.25) is 0 Å². The second-order valence-corrected chi connectivity index (χ2v) is 8.82. The van der Waals surface area contributed by atoms with Gasteiger partial charge in [-0.2, -0.15) is 0 Å². The number of hydrogen-bond donors (Lipinski definition) is 1. The third-order valence-corrected chi connectivity index (χ3v) is 4.74. The third-order valence-electron chi connectivity index (χ3n) is 4.74. The van der Waals surface area contributed by atoms with Crippen molar-refractivity contribution in [1.82, 2.24) is 10.3 Å². The first-order chi connectivity index (χ1) is 16.0. The lowest BCUT2D eigenvalue weighted by molar-refractivity contribution is -0.383. The van der Waals surface area contributed by atoms with Crippen molar-refractivity contribution in [2.45, 2.75) is 45.3 Å². The summed E-state index contributed by atoms with van der Waals surface area (Å²) in [5.41, 5.74) is -1.58. The number of nitrogens with one attached hydrogen (secondary N) is 1. The van der Waals surface area contributed by atoms with E-state index >= 15 is 0 Å². The molecule has 0 spiro atoms. The molecule has 34 heavy (non-hydrogen) atoms. The largest absolute Gasteiger partial charge is 0.444 e. The number of alkyl carbamates (subject to hydrolysis) is 1. The van der Waals surface area contributed by atoms with Crippen LogP contribution in [0, 0.1) is 10.1 Å². The highest BCUT2D eigenvalue weighted by Crippen LogP contribution is 2.31. The summed E-state index contributed by atoms with van der Waals surface area (Å²) in [4.78, 5) is 50.8. The number of nitro groups is 1. The van der Waals surface area contributed by atoms with Crippen LogP contribution in [-0.4, -0.2) is 33.1 Å². The molecule has 10 nitrogen and oxygen atoms in total. The average molecular weight is 467 g/mol. The molecule has 178 valence electrons. The molecule has 1 atom stereocenters. The van der Waals surface area contributed by atoms with Crippen molar-refractivity contribution in [1.29, 1.82) is 0 Å². The average Bonchev–Trinajstić information content (AvgIpc) is 2.76. The summed E-state index contributed by atoms with van der Waals surface area (Å²) in [6.07, 6.45) is 0.726. The monoisotopic (exact) mass is 467 g/mol. The molecule has 10 heteroatoms. The number of carbonyl (C=O) groups is 2. The molecule has 3 rings (SSSR count). The van der Waals surface area contributed by atoms with Crippen LogP contribution in [0.1, 0.15) is 33.3 Å². The molecule has 0 radical (unpaired) electrons. The SMILES string of the molecule is CC(C)(C)OC(=O)NC(C)(Cc1ccccc1)C(=O)OOc1ccc([N+](=O)[O-])c2cccnc12. The number of nitrogens with zero attached hydrogens (tertiary/aromatic N) is 2. The Kier molecular flexibility index (Phi) is 7.00. The van der Waals surface area contributed by atoms with Crippen molar-refractivity contribution < 1.29 is 29.0 Å². The van der Waals surface area contributed by atoms with Crippen LogP contribution in [0.25, 0.3) is 10.9 Å². The topological polar surface area (TPSA) is 130 Å². The van der Waals surface area contributed by atoms with Gasteiger partial charge in [0.25, 0.3) is 5.69 Å². The van der Waals surface area contributed by atoms with E-state index in [2.05, 4.69) is 10.3 Å². The maximum absolute atomic E-state index is 13.1. The zero-order valence-electron chi connectivity index (χ0n) is 19.2. The Morgan fingerprint density at radius 3 is 2.38 bits per heavy atom. The van der Waals surface area contributed by atoms with Crippen LogP contribution in [0.15, 0.2) is 60.8 Å². The Balaban J connectivity index is 1.85. The van der Waals surface area contributed by atoms with Gasteiger partial charge in [-0.15, -0.1) is 0 Å². The van der Waals surface area contributed by atoms with Crippen molar-refractivity contribution in [2.75, 3.05) is 0 Å². The van der Waals surface area contributed by atoms with Gasteiger partial charge in [-0.1, -0.05) is 30.3 Å². The number of benzene rings is 2. The number of aromatic nitrogens is 1. The van der Waals surface area contributed by atoms with Gasteiger partial charge in [-0.25, -0.2) is 14.5 Å². The molecule has 0 bridgehead atoms. The molecule has 0 aliphatic heterocycles. The number of ether oxygens (including phenoxy) is 1. The summed E-state index contributed by atoms with van der Waals surface area (Å²) < 4.78 is 5.30. The lowest BCUT2D eigenvalue weighted by Gasteiger charge is -2.29. The molecule has 1 heterocycles. The highest BCUT2D eigenvalue weighted by atomic mass is 17.2. The molecular formula is C24H25N3O7. The van der Waals surface area contributed by atoms with E-state index < -0.39 is 28.1 Å². The summed E-state index contributed by atoms with van der Waals surface area (Å²) in [6, 6.07) is 14.6. The molecule has 0 aliphatic rings. The Bertz CT molecular complexity index is 1210. The standard InChI is InChI=1S/C24H25N3O7/c1-23(2,3)32-22(29)26-24(4,15-16-9-6-5-7-10-16)21(28)34-33-19-13-12-18(27(30)31)17-11-8-14-25-20(17)19/h5-14H,15H2,1-4H3,(H,26,29). The van der Waals surface area contributed by atoms with Gasteiger partial charge in [0.2, 0.25) is 5.75 Å². The van der Waals surface area contributed by atoms with Crippen molar-refractivity contribution in [3.8, 4) is 5.75 Å². The summed E-state index contributed by atoms with van der Waals surface area (Å²) in [6.45, 7) is 6.60. The molecule has 0 fully saturated rings. The zero-order valence-corrected chi connectivity index (χ0v) is 19.2. The smallest absolute Gasteiger partial charge is 0.408 e. The van der Waals surface area contributed by atoms with Crippen molar-refractivity contribution in [3.63, 3.8) is 0 Å². The molecule has 0 saturated carbocycles. The lowest BCUT2D eigenvalue weighted by Crippen LogP contribution is -2.55. The van der Waals surface area contributed by atoms with E-state index in [0.717, 1.165) is 5.56 Å². The summed E-state index contributed by atoms with van der Waals surface area (Å²) >= 11 is 0. The lowest BCUT2D eigenvalue weighted by atomic mass is 9.93. The predicted octanol–water partition coefficient (Wildman–Crippen LogP) is 4.51. The number of amides is 1. The van der Waals surface area contributed by atoms with Gasteiger partial charge in [0.15, 0.2) is 0 Å². The minimum Gasteiger partial charge on any atom is -0.444 e. The molecule has 2 aromatic carbocycles. The normalized spacial score (nSPS) is 12.9. The van der Waals surface area contributed by atoms with Crippen LogP contribution >= 0.6 is 0 Å². The molecule has 0 aliphatic carbocycles. The van der Waals surface area contributed by atoms with E-state index in [1.54, 1.807) is 51.1 Å². The number of hydrogen-bond acceptors (Lipinski definition) is 8. The van der Waals surface area contributed by atoms with Gasteiger partial charge in [0.05, 0.1) is 10.3 Å². The first-order valence-electron chi connectivity index (χ1n) is 10.4. The Hall–Kier alpha value is -4.21. The molecule has 1 aromatic heterocycles. The summed E-state index contributed by atoms with van der Waals surface area (Å²) in [5.74, 6) is -0.890. The molecule has 3 aromatic rings. The fourth-order valence-electron chi connectivity index (χ4n) is 3.23. The Morgan fingerprint density at radius 1 is 1.03 bits per heavy atom. The van der Waals surface area contributed by atoms with Crippen LogP contribution in [0.3, 0.4) is 0 Å². The van der Waals surface area contributed by atoms with Crippen molar-refractivity contribution >= 4 is 28.7 Å². The second kappa shape index (κ2) is 9.74. The van der Waals surface area contributed by atoms with E-state index in [1.165, 1.54) is 31.3 Å². The van der Waals surface area contributed by atoms with Crippen molar-refractivity contribution in [3.05, 3.63) is 76.5 Å². The Morgan fingerprint density at radius 2 is 1.74 bits per heavy atom. The number of nitro benzene ring substituents is 1.